The first kappa shape index (κ1) is 20.8. The van der Waals surface area contributed by atoms with Crippen LogP contribution in [0.25, 0.3) is 0 Å². The maximum atomic E-state index is 10.8. The van der Waals surface area contributed by atoms with Gasteiger partial charge in [0, 0.05) is 5.57 Å². The van der Waals surface area contributed by atoms with Gasteiger partial charge in [-0.1, -0.05) is 6.08 Å². The smallest absolute Gasteiger partial charge is 0.322 e. The monoisotopic (exact) mass is 306 g/mol. The quantitative estimate of drug-likeness (QED) is 0.498. The number of thioether (sulfide) groups is 1. The predicted octanol–water partition coefficient (Wildman–Crippen LogP) is 0.305. The van der Waals surface area contributed by atoms with Crippen molar-refractivity contribution in [2.24, 2.45) is 5.73 Å². The number of hydrogen-bond acceptors (Lipinski definition) is 5. The van der Waals surface area contributed by atoms with E-state index in [1.165, 1.54) is 0 Å². The Morgan fingerprint density at radius 1 is 1.35 bits per heavy atom. The number of carbonyl (C=O) groups is 3. The largest absolute Gasteiger partial charge is 0.480 e. The zero-order valence-electron chi connectivity index (χ0n) is 11.9. The van der Waals surface area contributed by atoms with E-state index in [4.69, 9.17) is 15.9 Å². The molecule has 0 aliphatic rings. The SMILES string of the molecule is C/C=C(\C)C(=O)NCC(=O)O.CSCC[C@H](N)C(=O)O. The molecule has 0 radical (unpaired) electrons. The Kier molecular flexibility index (Phi) is 13.0. The number of rotatable bonds is 7. The molecule has 0 heterocycles. The summed E-state index contributed by atoms with van der Waals surface area (Å²) in [7, 11) is 0. The molecule has 7 nitrogen and oxygen atoms in total. The fourth-order valence-electron chi connectivity index (χ4n) is 0.795. The number of carboxylic acid groups (broad SMARTS) is 2. The van der Waals surface area contributed by atoms with Crippen LogP contribution in [0.4, 0.5) is 0 Å². The lowest BCUT2D eigenvalue weighted by Crippen LogP contribution is -2.30. The van der Waals surface area contributed by atoms with Gasteiger partial charge in [0.05, 0.1) is 0 Å². The van der Waals surface area contributed by atoms with Gasteiger partial charge in [0.25, 0.3) is 0 Å². The highest BCUT2D eigenvalue weighted by molar-refractivity contribution is 7.98. The molecular formula is C12H22N2O5S. The van der Waals surface area contributed by atoms with E-state index in [0.717, 1.165) is 5.75 Å². The van der Waals surface area contributed by atoms with E-state index in [1.54, 1.807) is 31.7 Å². The second-order valence-corrected chi connectivity index (χ2v) is 4.76. The molecule has 0 aromatic carbocycles. The van der Waals surface area contributed by atoms with Crippen LogP contribution in [0.15, 0.2) is 11.6 Å². The first-order chi connectivity index (χ1) is 9.26. The average molecular weight is 306 g/mol. The van der Waals surface area contributed by atoms with Gasteiger partial charge in [-0.3, -0.25) is 14.4 Å². The summed E-state index contributed by atoms with van der Waals surface area (Å²) in [6.45, 7) is 3.01. The Balaban J connectivity index is 0. The zero-order valence-corrected chi connectivity index (χ0v) is 12.7. The molecule has 0 bridgehead atoms. The molecule has 20 heavy (non-hydrogen) atoms. The van der Waals surface area contributed by atoms with Crippen LogP contribution in [0.2, 0.25) is 0 Å². The molecule has 0 aliphatic heterocycles. The summed E-state index contributed by atoms with van der Waals surface area (Å²) in [4.78, 5) is 30.9. The molecule has 0 saturated carbocycles. The first-order valence-corrected chi connectivity index (χ1v) is 7.25. The van der Waals surface area contributed by atoms with Gasteiger partial charge < -0.3 is 21.3 Å². The Hall–Kier alpha value is -1.54. The predicted molar refractivity (Wildman–Crippen MR) is 78.7 cm³/mol. The minimum absolute atomic E-state index is 0.329. The van der Waals surface area contributed by atoms with Crippen molar-refractivity contribution < 1.29 is 24.6 Å². The molecule has 0 saturated heterocycles. The van der Waals surface area contributed by atoms with E-state index in [2.05, 4.69) is 5.32 Å². The van der Waals surface area contributed by atoms with Gasteiger partial charge in [0.2, 0.25) is 5.91 Å². The third-order valence-corrected chi connectivity index (χ3v) is 2.79. The van der Waals surface area contributed by atoms with Crippen molar-refractivity contribution in [3.8, 4) is 0 Å². The highest BCUT2D eigenvalue weighted by Crippen LogP contribution is 1.97. The molecule has 0 rings (SSSR count). The summed E-state index contributed by atoms with van der Waals surface area (Å²) in [5, 5.41) is 18.7. The molecule has 1 atom stereocenters. The fraction of sp³-hybridized carbons (Fsp3) is 0.583. The summed E-state index contributed by atoms with van der Waals surface area (Å²) >= 11 is 1.60. The number of allylic oxidation sites excluding steroid dienone is 1. The van der Waals surface area contributed by atoms with E-state index >= 15 is 0 Å². The minimum atomic E-state index is -1.04. The van der Waals surface area contributed by atoms with Gasteiger partial charge in [-0.05, 0) is 32.3 Å². The van der Waals surface area contributed by atoms with Gasteiger partial charge in [-0.2, -0.15) is 11.8 Å². The van der Waals surface area contributed by atoms with Gasteiger partial charge in [0.1, 0.15) is 12.6 Å². The highest BCUT2D eigenvalue weighted by Gasteiger charge is 2.09. The molecule has 0 aliphatic carbocycles. The van der Waals surface area contributed by atoms with Gasteiger partial charge in [0.15, 0.2) is 0 Å². The highest BCUT2D eigenvalue weighted by atomic mass is 32.2. The van der Waals surface area contributed by atoms with Crippen molar-refractivity contribution in [3.63, 3.8) is 0 Å². The van der Waals surface area contributed by atoms with Gasteiger partial charge in [-0.15, -0.1) is 0 Å². The van der Waals surface area contributed by atoms with Crippen LogP contribution >= 0.6 is 11.8 Å². The van der Waals surface area contributed by atoms with Crippen molar-refractivity contribution in [2.75, 3.05) is 18.6 Å². The maximum Gasteiger partial charge on any atom is 0.322 e. The van der Waals surface area contributed by atoms with Crippen LogP contribution in [-0.2, 0) is 14.4 Å². The summed E-state index contributed by atoms with van der Waals surface area (Å²) in [5.74, 6) is -1.48. The third kappa shape index (κ3) is 12.9. The Morgan fingerprint density at radius 3 is 2.25 bits per heavy atom. The molecule has 0 aromatic heterocycles. The minimum Gasteiger partial charge on any atom is -0.480 e. The number of hydrogen-bond donors (Lipinski definition) is 4. The number of aliphatic carboxylic acids is 2. The molecule has 5 N–H and O–H groups in total. The molecule has 0 aromatic rings. The normalized spacial score (nSPS) is 11.9. The van der Waals surface area contributed by atoms with E-state index in [0.29, 0.717) is 12.0 Å². The van der Waals surface area contributed by atoms with Crippen LogP contribution in [-0.4, -0.2) is 52.7 Å². The van der Waals surface area contributed by atoms with Crippen LogP contribution in [0.5, 0.6) is 0 Å². The maximum absolute atomic E-state index is 10.8. The number of nitrogens with two attached hydrogens (primary N) is 1. The third-order valence-electron chi connectivity index (χ3n) is 2.14. The van der Waals surface area contributed by atoms with E-state index in [9.17, 15) is 14.4 Å². The van der Waals surface area contributed by atoms with Crippen molar-refractivity contribution in [3.05, 3.63) is 11.6 Å². The Labute approximate surface area is 122 Å². The molecule has 0 fully saturated rings. The molecule has 116 valence electrons. The van der Waals surface area contributed by atoms with Crippen molar-refractivity contribution >= 4 is 29.6 Å². The van der Waals surface area contributed by atoms with E-state index < -0.39 is 18.0 Å². The van der Waals surface area contributed by atoms with E-state index in [-0.39, 0.29) is 12.5 Å². The van der Waals surface area contributed by atoms with Crippen LogP contribution in [0, 0.1) is 0 Å². The Morgan fingerprint density at radius 2 is 1.90 bits per heavy atom. The lowest BCUT2D eigenvalue weighted by molar-refractivity contribution is -0.138. The topological polar surface area (TPSA) is 130 Å². The van der Waals surface area contributed by atoms with Crippen molar-refractivity contribution in [1.29, 1.82) is 0 Å². The molecule has 1 amide bonds. The van der Waals surface area contributed by atoms with Gasteiger partial charge in [-0.25, -0.2) is 0 Å². The standard InChI is InChI=1S/C7H11NO3.C5H11NO2S/c1-3-5(2)7(11)8-4-6(9)10;1-9-3-2-4(6)5(7)8/h3H,4H2,1-2H3,(H,8,11)(H,9,10);4H,2-3,6H2,1H3,(H,7,8)/b5-3+;/t;4-/m.0/s1. The zero-order chi connectivity index (χ0) is 16.1. The molecular weight excluding hydrogens is 284 g/mol. The first-order valence-electron chi connectivity index (χ1n) is 5.86. The second kappa shape index (κ2) is 12.5. The fourth-order valence-corrected chi connectivity index (χ4v) is 1.28. The lowest BCUT2D eigenvalue weighted by Gasteiger charge is -2.02. The van der Waals surface area contributed by atoms with Crippen LogP contribution < -0.4 is 11.1 Å². The molecule has 0 spiro atoms. The molecule has 0 unspecified atom stereocenters. The van der Waals surface area contributed by atoms with E-state index in [1.807, 2.05) is 6.26 Å². The lowest BCUT2D eigenvalue weighted by atomic mass is 10.2. The summed E-state index contributed by atoms with van der Waals surface area (Å²) in [6, 6.07) is -0.683. The Bertz CT molecular complexity index is 358. The number of amides is 1. The summed E-state index contributed by atoms with van der Waals surface area (Å²) in [6.07, 6.45) is 4.10. The summed E-state index contributed by atoms with van der Waals surface area (Å²) < 4.78 is 0. The van der Waals surface area contributed by atoms with Crippen molar-refractivity contribution in [1.82, 2.24) is 5.32 Å². The number of carboxylic acids is 2. The average Bonchev–Trinajstić information content (AvgIpc) is 2.41. The van der Waals surface area contributed by atoms with Crippen LogP contribution in [0.3, 0.4) is 0 Å². The van der Waals surface area contributed by atoms with Crippen LogP contribution in [0.1, 0.15) is 20.3 Å². The van der Waals surface area contributed by atoms with Gasteiger partial charge >= 0.3 is 11.9 Å². The number of nitrogens with one attached hydrogen (secondary N) is 1. The summed E-state index contributed by atoms with van der Waals surface area (Å²) in [5.41, 5.74) is 5.71. The van der Waals surface area contributed by atoms with Crippen molar-refractivity contribution in [2.45, 2.75) is 26.3 Å². The number of carbonyl (C=O) groups excluding carboxylic acids is 1. The second-order valence-electron chi connectivity index (χ2n) is 3.77. The molecule has 8 heteroatoms.